The Labute approximate surface area is 181 Å². The molecule has 0 radical (unpaired) electrons. The Morgan fingerprint density at radius 1 is 1.10 bits per heavy atom. The number of urea groups is 1. The maximum atomic E-state index is 12.7. The molecule has 1 aromatic heterocycles. The molecule has 31 heavy (non-hydrogen) atoms. The molecule has 2 heterocycles. The maximum Gasteiger partial charge on any atom is 0.338 e. The standard InChI is InChI=1S/C22H19N3O5S/c1-2-29-21(27)18-16(24-22(28)25-19(18)13-6-4-3-5-7-13)11-30-20(26)14-8-9-15-17(10-14)31-12-23-15/h3-10,12,19H,2,11H2,1H3,(H2,24,25,28). The summed E-state index contributed by atoms with van der Waals surface area (Å²) in [7, 11) is 0. The second-order valence-electron chi connectivity index (χ2n) is 6.67. The molecule has 2 N–H and O–H groups in total. The summed E-state index contributed by atoms with van der Waals surface area (Å²) in [5.41, 5.74) is 3.94. The van der Waals surface area contributed by atoms with Gasteiger partial charge < -0.3 is 20.1 Å². The second-order valence-corrected chi connectivity index (χ2v) is 7.55. The molecule has 1 aliphatic rings. The highest BCUT2D eigenvalue weighted by atomic mass is 32.1. The molecular formula is C22H19N3O5S. The van der Waals surface area contributed by atoms with Gasteiger partial charge in [0.1, 0.15) is 6.61 Å². The summed E-state index contributed by atoms with van der Waals surface area (Å²) in [6.45, 7) is 1.57. The predicted molar refractivity (Wildman–Crippen MR) is 114 cm³/mol. The topological polar surface area (TPSA) is 107 Å². The Bertz CT molecular complexity index is 1170. The number of ether oxygens (including phenoxy) is 2. The normalized spacial score (nSPS) is 15.9. The minimum absolute atomic E-state index is 0.166. The number of carbonyl (C=O) groups is 3. The molecule has 2 amide bonds. The predicted octanol–water partition coefficient (Wildman–Crippen LogP) is 3.32. The maximum absolute atomic E-state index is 12.7. The first-order valence-corrected chi connectivity index (χ1v) is 10.5. The number of hydrogen-bond donors (Lipinski definition) is 2. The number of carbonyl (C=O) groups excluding carboxylic acids is 3. The zero-order valence-electron chi connectivity index (χ0n) is 16.6. The van der Waals surface area contributed by atoms with Crippen LogP contribution in [0.3, 0.4) is 0 Å². The van der Waals surface area contributed by atoms with Crippen molar-refractivity contribution in [3.63, 3.8) is 0 Å². The molecule has 1 aliphatic heterocycles. The van der Waals surface area contributed by atoms with Crippen molar-refractivity contribution < 1.29 is 23.9 Å². The van der Waals surface area contributed by atoms with Crippen LogP contribution in [0.2, 0.25) is 0 Å². The smallest absolute Gasteiger partial charge is 0.338 e. The zero-order chi connectivity index (χ0) is 21.8. The number of nitrogens with zero attached hydrogens (tertiary/aromatic N) is 1. The summed E-state index contributed by atoms with van der Waals surface area (Å²) < 4.78 is 11.5. The average Bonchev–Trinajstić information content (AvgIpc) is 3.25. The van der Waals surface area contributed by atoms with Crippen LogP contribution >= 0.6 is 11.3 Å². The summed E-state index contributed by atoms with van der Waals surface area (Å²) in [6.07, 6.45) is 0. The third-order valence-corrected chi connectivity index (χ3v) is 5.49. The summed E-state index contributed by atoms with van der Waals surface area (Å²) >= 11 is 1.42. The van der Waals surface area contributed by atoms with E-state index in [1.165, 1.54) is 11.3 Å². The molecule has 0 aliphatic carbocycles. The lowest BCUT2D eigenvalue weighted by atomic mass is 9.95. The number of benzene rings is 2. The van der Waals surface area contributed by atoms with E-state index in [0.29, 0.717) is 11.1 Å². The molecule has 1 atom stereocenters. The number of aromatic nitrogens is 1. The fraction of sp³-hybridized carbons (Fsp3) is 0.182. The van der Waals surface area contributed by atoms with E-state index in [1.807, 2.05) is 18.2 Å². The molecular weight excluding hydrogens is 418 g/mol. The summed E-state index contributed by atoms with van der Waals surface area (Å²) in [5, 5.41) is 5.32. The van der Waals surface area contributed by atoms with Gasteiger partial charge in [0, 0.05) is 0 Å². The lowest BCUT2D eigenvalue weighted by Crippen LogP contribution is -2.47. The number of thiazole rings is 1. The number of esters is 2. The molecule has 9 heteroatoms. The largest absolute Gasteiger partial charge is 0.463 e. The van der Waals surface area contributed by atoms with Crippen LogP contribution in [0.5, 0.6) is 0 Å². The van der Waals surface area contributed by atoms with Gasteiger partial charge >= 0.3 is 18.0 Å². The van der Waals surface area contributed by atoms with Gasteiger partial charge in [0.15, 0.2) is 0 Å². The molecule has 2 aromatic carbocycles. The van der Waals surface area contributed by atoms with Crippen molar-refractivity contribution in [2.75, 3.05) is 13.2 Å². The monoisotopic (exact) mass is 437 g/mol. The van der Waals surface area contributed by atoms with Crippen molar-refractivity contribution >= 4 is 39.5 Å². The Hall–Kier alpha value is -3.72. The minimum Gasteiger partial charge on any atom is -0.463 e. The number of rotatable bonds is 6. The number of nitrogens with one attached hydrogen (secondary N) is 2. The lowest BCUT2D eigenvalue weighted by molar-refractivity contribution is -0.139. The third-order valence-electron chi connectivity index (χ3n) is 4.70. The highest BCUT2D eigenvalue weighted by molar-refractivity contribution is 7.16. The molecule has 1 unspecified atom stereocenters. The molecule has 0 fully saturated rings. The van der Waals surface area contributed by atoms with Crippen molar-refractivity contribution in [1.29, 1.82) is 0 Å². The van der Waals surface area contributed by atoms with Crippen molar-refractivity contribution in [3.8, 4) is 0 Å². The van der Waals surface area contributed by atoms with Gasteiger partial charge in [0.25, 0.3) is 0 Å². The molecule has 0 saturated carbocycles. The van der Waals surface area contributed by atoms with Gasteiger partial charge in [0.2, 0.25) is 0 Å². The fourth-order valence-corrected chi connectivity index (χ4v) is 4.00. The molecule has 8 nitrogen and oxygen atoms in total. The first-order chi connectivity index (χ1) is 15.1. The van der Waals surface area contributed by atoms with Crippen molar-refractivity contribution in [2.24, 2.45) is 0 Å². The SMILES string of the molecule is CCOC(=O)C1=C(COC(=O)c2ccc3ncsc3c2)NC(=O)NC1c1ccccc1. The Balaban J connectivity index is 1.62. The van der Waals surface area contributed by atoms with Crippen LogP contribution in [0.1, 0.15) is 28.9 Å². The van der Waals surface area contributed by atoms with E-state index in [-0.39, 0.29) is 24.5 Å². The Morgan fingerprint density at radius 3 is 2.68 bits per heavy atom. The number of amides is 2. The van der Waals surface area contributed by atoms with Crippen LogP contribution in [0.25, 0.3) is 10.2 Å². The molecule has 0 saturated heterocycles. The van der Waals surface area contributed by atoms with E-state index in [0.717, 1.165) is 10.2 Å². The van der Waals surface area contributed by atoms with Gasteiger partial charge in [0.05, 0.1) is 45.2 Å². The van der Waals surface area contributed by atoms with Gasteiger partial charge in [-0.15, -0.1) is 11.3 Å². The van der Waals surface area contributed by atoms with E-state index < -0.39 is 24.0 Å². The second kappa shape index (κ2) is 8.97. The van der Waals surface area contributed by atoms with Crippen LogP contribution in [-0.2, 0) is 14.3 Å². The van der Waals surface area contributed by atoms with Crippen molar-refractivity contribution in [1.82, 2.24) is 15.6 Å². The van der Waals surface area contributed by atoms with Gasteiger partial charge in [-0.05, 0) is 30.7 Å². The van der Waals surface area contributed by atoms with E-state index in [9.17, 15) is 14.4 Å². The minimum atomic E-state index is -0.726. The van der Waals surface area contributed by atoms with Crippen molar-refractivity contribution in [3.05, 3.63) is 76.4 Å². The van der Waals surface area contributed by atoms with E-state index in [4.69, 9.17) is 9.47 Å². The van der Waals surface area contributed by atoms with E-state index in [1.54, 1.807) is 42.8 Å². The average molecular weight is 437 g/mol. The molecule has 158 valence electrons. The van der Waals surface area contributed by atoms with Crippen LogP contribution in [0, 0.1) is 0 Å². The molecule has 0 spiro atoms. The molecule has 0 bridgehead atoms. The fourth-order valence-electron chi connectivity index (χ4n) is 3.28. The van der Waals surface area contributed by atoms with Gasteiger partial charge in [-0.3, -0.25) is 0 Å². The lowest BCUT2D eigenvalue weighted by Gasteiger charge is -2.29. The van der Waals surface area contributed by atoms with Crippen LogP contribution in [-0.4, -0.2) is 36.2 Å². The molecule has 3 aromatic rings. The summed E-state index contributed by atoms with van der Waals surface area (Å²) in [4.78, 5) is 41.7. The molecule has 4 rings (SSSR count). The van der Waals surface area contributed by atoms with Crippen LogP contribution in [0.15, 0.2) is 65.3 Å². The summed E-state index contributed by atoms with van der Waals surface area (Å²) in [6, 6.07) is 12.9. The quantitative estimate of drug-likeness (QED) is 0.573. The third kappa shape index (κ3) is 4.41. The van der Waals surface area contributed by atoms with Gasteiger partial charge in [-0.25, -0.2) is 19.4 Å². The van der Waals surface area contributed by atoms with E-state index in [2.05, 4.69) is 15.6 Å². The highest BCUT2D eigenvalue weighted by Gasteiger charge is 2.34. The van der Waals surface area contributed by atoms with Crippen LogP contribution < -0.4 is 10.6 Å². The highest BCUT2D eigenvalue weighted by Crippen LogP contribution is 2.28. The van der Waals surface area contributed by atoms with Gasteiger partial charge in [-0.1, -0.05) is 30.3 Å². The van der Waals surface area contributed by atoms with Gasteiger partial charge in [-0.2, -0.15) is 0 Å². The Morgan fingerprint density at radius 2 is 1.90 bits per heavy atom. The number of fused-ring (bicyclic) bond motifs is 1. The first kappa shape index (κ1) is 20.5. The number of hydrogen-bond acceptors (Lipinski definition) is 7. The Kier molecular flexibility index (Phi) is 5.94. The van der Waals surface area contributed by atoms with Crippen LogP contribution in [0.4, 0.5) is 4.79 Å². The van der Waals surface area contributed by atoms with Crippen molar-refractivity contribution in [2.45, 2.75) is 13.0 Å². The van der Waals surface area contributed by atoms with E-state index >= 15 is 0 Å². The summed E-state index contributed by atoms with van der Waals surface area (Å²) in [5.74, 6) is -1.17. The first-order valence-electron chi connectivity index (χ1n) is 9.60. The zero-order valence-corrected chi connectivity index (χ0v) is 17.4.